The Morgan fingerprint density at radius 1 is 1.28 bits per heavy atom. The van der Waals surface area contributed by atoms with E-state index in [2.05, 4.69) is 33.4 Å². The number of hydrogen-bond donors (Lipinski definition) is 1. The Kier molecular flexibility index (Phi) is 2.36. The van der Waals surface area contributed by atoms with Crippen molar-refractivity contribution < 1.29 is 0 Å². The summed E-state index contributed by atoms with van der Waals surface area (Å²) in [7, 11) is 0. The standard InChI is InChI=1S/C13H17N5/c1-7(2)18-8(3)16-10-5-4-9-6-15-13(14)17-11(9)12(10)18/h6-7H,4-5H2,1-3H3,(H2,14,15,17). The van der Waals surface area contributed by atoms with E-state index in [0.29, 0.717) is 12.0 Å². The lowest BCUT2D eigenvalue weighted by Crippen LogP contribution is -2.13. The number of aryl methyl sites for hydroxylation is 3. The van der Waals surface area contributed by atoms with Crippen LogP contribution in [0.1, 0.15) is 37.0 Å². The van der Waals surface area contributed by atoms with Gasteiger partial charge in [0.05, 0.1) is 17.1 Å². The molecule has 0 saturated carbocycles. The number of nitrogens with zero attached hydrogens (tertiary/aromatic N) is 4. The summed E-state index contributed by atoms with van der Waals surface area (Å²) in [5.41, 5.74) is 10.1. The molecule has 18 heavy (non-hydrogen) atoms. The number of rotatable bonds is 1. The van der Waals surface area contributed by atoms with Gasteiger partial charge in [-0.2, -0.15) is 0 Å². The van der Waals surface area contributed by atoms with Gasteiger partial charge < -0.3 is 10.3 Å². The van der Waals surface area contributed by atoms with E-state index in [0.717, 1.165) is 35.7 Å². The zero-order valence-corrected chi connectivity index (χ0v) is 10.9. The van der Waals surface area contributed by atoms with E-state index in [1.54, 1.807) is 0 Å². The molecule has 5 nitrogen and oxygen atoms in total. The highest BCUT2D eigenvalue weighted by molar-refractivity contribution is 5.66. The third-order valence-electron chi connectivity index (χ3n) is 3.41. The maximum Gasteiger partial charge on any atom is 0.220 e. The molecule has 2 heterocycles. The zero-order valence-electron chi connectivity index (χ0n) is 10.9. The molecule has 1 aliphatic rings. The van der Waals surface area contributed by atoms with Gasteiger partial charge >= 0.3 is 0 Å². The number of hydrogen-bond acceptors (Lipinski definition) is 4. The normalized spacial score (nSPS) is 13.6. The van der Waals surface area contributed by atoms with E-state index in [1.165, 1.54) is 5.56 Å². The van der Waals surface area contributed by atoms with Crippen molar-refractivity contribution in [3.8, 4) is 11.4 Å². The average molecular weight is 243 g/mol. The van der Waals surface area contributed by atoms with Crippen molar-refractivity contribution in [1.29, 1.82) is 0 Å². The molecular formula is C13H17N5. The largest absolute Gasteiger partial charge is 0.368 e. The van der Waals surface area contributed by atoms with Crippen LogP contribution in [-0.4, -0.2) is 19.5 Å². The van der Waals surface area contributed by atoms with Crippen LogP contribution in [0.4, 0.5) is 5.95 Å². The molecule has 5 heteroatoms. The fourth-order valence-corrected chi connectivity index (χ4v) is 2.72. The molecule has 3 rings (SSSR count). The minimum absolute atomic E-state index is 0.329. The van der Waals surface area contributed by atoms with Crippen LogP contribution >= 0.6 is 0 Å². The lowest BCUT2D eigenvalue weighted by Gasteiger charge is -2.19. The molecule has 94 valence electrons. The molecule has 2 N–H and O–H groups in total. The molecule has 0 spiro atoms. The van der Waals surface area contributed by atoms with Gasteiger partial charge in [0.2, 0.25) is 5.95 Å². The molecule has 0 aliphatic heterocycles. The lowest BCUT2D eigenvalue weighted by molar-refractivity contribution is 0.586. The highest BCUT2D eigenvalue weighted by Gasteiger charge is 2.25. The van der Waals surface area contributed by atoms with E-state index in [1.807, 2.05) is 13.1 Å². The third kappa shape index (κ3) is 1.50. The molecule has 0 unspecified atom stereocenters. The van der Waals surface area contributed by atoms with Crippen molar-refractivity contribution in [2.75, 3.05) is 5.73 Å². The van der Waals surface area contributed by atoms with Crippen LogP contribution in [0.15, 0.2) is 6.20 Å². The van der Waals surface area contributed by atoms with Crippen molar-refractivity contribution in [2.24, 2.45) is 0 Å². The SMILES string of the molecule is Cc1nc2c(n1C(C)C)-c1nc(N)ncc1CC2. The summed E-state index contributed by atoms with van der Waals surface area (Å²) in [5.74, 6) is 1.37. The van der Waals surface area contributed by atoms with E-state index in [-0.39, 0.29) is 0 Å². The van der Waals surface area contributed by atoms with Crippen LogP contribution in [-0.2, 0) is 12.8 Å². The lowest BCUT2D eigenvalue weighted by atomic mass is 9.97. The molecule has 0 fully saturated rings. The van der Waals surface area contributed by atoms with Gasteiger partial charge in [0.15, 0.2) is 0 Å². The van der Waals surface area contributed by atoms with E-state index < -0.39 is 0 Å². The number of imidazole rings is 1. The van der Waals surface area contributed by atoms with Crippen LogP contribution in [0.5, 0.6) is 0 Å². The summed E-state index contributed by atoms with van der Waals surface area (Å²) in [6.45, 7) is 6.37. The number of fused-ring (bicyclic) bond motifs is 3. The second kappa shape index (κ2) is 3.80. The van der Waals surface area contributed by atoms with Crippen LogP contribution in [0.2, 0.25) is 0 Å². The number of aromatic nitrogens is 4. The van der Waals surface area contributed by atoms with Gasteiger partial charge in [-0.1, -0.05) is 0 Å². The van der Waals surface area contributed by atoms with Crippen molar-refractivity contribution in [3.63, 3.8) is 0 Å². The van der Waals surface area contributed by atoms with Crippen molar-refractivity contribution in [1.82, 2.24) is 19.5 Å². The smallest absolute Gasteiger partial charge is 0.220 e. The highest BCUT2D eigenvalue weighted by Crippen LogP contribution is 2.34. The van der Waals surface area contributed by atoms with E-state index >= 15 is 0 Å². The molecule has 2 aromatic rings. The minimum atomic E-state index is 0.329. The van der Waals surface area contributed by atoms with Gasteiger partial charge in [0, 0.05) is 12.2 Å². The van der Waals surface area contributed by atoms with E-state index in [4.69, 9.17) is 5.73 Å². The van der Waals surface area contributed by atoms with Gasteiger partial charge in [-0.3, -0.25) is 0 Å². The maximum atomic E-state index is 5.72. The first-order valence-electron chi connectivity index (χ1n) is 6.27. The molecule has 0 saturated heterocycles. The monoisotopic (exact) mass is 243 g/mol. The van der Waals surface area contributed by atoms with Gasteiger partial charge in [0.1, 0.15) is 5.82 Å². The van der Waals surface area contributed by atoms with E-state index in [9.17, 15) is 0 Å². The van der Waals surface area contributed by atoms with Gasteiger partial charge in [0.25, 0.3) is 0 Å². The Hall–Kier alpha value is -1.91. The summed E-state index contributed by atoms with van der Waals surface area (Å²) >= 11 is 0. The molecule has 0 atom stereocenters. The predicted octanol–water partition coefficient (Wildman–Crippen LogP) is 1.91. The predicted molar refractivity (Wildman–Crippen MR) is 70.2 cm³/mol. The fourth-order valence-electron chi connectivity index (χ4n) is 2.72. The van der Waals surface area contributed by atoms with Crippen LogP contribution in [0, 0.1) is 6.92 Å². The Bertz CT molecular complexity index is 612. The van der Waals surface area contributed by atoms with Gasteiger partial charge in [-0.05, 0) is 39.2 Å². The fraction of sp³-hybridized carbons (Fsp3) is 0.462. The molecule has 0 amide bonds. The summed E-state index contributed by atoms with van der Waals surface area (Å²) < 4.78 is 2.24. The van der Waals surface area contributed by atoms with Crippen molar-refractivity contribution >= 4 is 5.95 Å². The van der Waals surface area contributed by atoms with Gasteiger partial charge in [-0.25, -0.2) is 15.0 Å². The number of nitrogen functional groups attached to an aromatic ring is 1. The van der Waals surface area contributed by atoms with Crippen LogP contribution in [0.3, 0.4) is 0 Å². The second-order valence-corrected chi connectivity index (χ2v) is 5.02. The minimum Gasteiger partial charge on any atom is -0.368 e. The Balaban J connectivity index is 2.30. The topological polar surface area (TPSA) is 69.6 Å². The van der Waals surface area contributed by atoms with Crippen molar-refractivity contribution in [2.45, 2.75) is 39.7 Å². The average Bonchev–Trinajstić information content (AvgIpc) is 2.65. The summed E-state index contributed by atoms with van der Waals surface area (Å²) in [5, 5.41) is 0. The molecule has 0 radical (unpaired) electrons. The number of anilines is 1. The second-order valence-electron chi connectivity index (χ2n) is 5.02. The summed E-state index contributed by atoms with van der Waals surface area (Å²) in [4.78, 5) is 13.2. The van der Waals surface area contributed by atoms with Crippen LogP contribution in [0.25, 0.3) is 11.4 Å². The maximum absolute atomic E-state index is 5.72. The summed E-state index contributed by atoms with van der Waals surface area (Å²) in [6.07, 6.45) is 3.74. The Morgan fingerprint density at radius 3 is 2.78 bits per heavy atom. The Labute approximate surface area is 106 Å². The van der Waals surface area contributed by atoms with Crippen LogP contribution < -0.4 is 5.73 Å². The third-order valence-corrected chi connectivity index (χ3v) is 3.41. The molecule has 2 aromatic heterocycles. The zero-order chi connectivity index (χ0) is 12.9. The molecule has 0 bridgehead atoms. The molecular weight excluding hydrogens is 226 g/mol. The quantitative estimate of drug-likeness (QED) is 0.830. The number of nitrogens with two attached hydrogens (primary N) is 1. The van der Waals surface area contributed by atoms with Gasteiger partial charge in [-0.15, -0.1) is 0 Å². The van der Waals surface area contributed by atoms with Crippen molar-refractivity contribution in [3.05, 3.63) is 23.3 Å². The first-order valence-corrected chi connectivity index (χ1v) is 6.27. The highest BCUT2D eigenvalue weighted by atomic mass is 15.1. The molecule has 0 aromatic carbocycles. The molecule has 1 aliphatic carbocycles. The first kappa shape index (κ1) is 11.2. The first-order chi connectivity index (χ1) is 8.58. The summed E-state index contributed by atoms with van der Waals surface area (Å²) in [6, 6.07) is 0.364. The Morgan fingerprint density at radius 2 is 2.06 bits per heavy atom.